The lowest BCUT2D eigenvalue weighted by molar-refractivity contribution is 0.351. The van der Waals surface area contributed by atoms with Crippen molar-refractivity contribution in [3.8, 4) is 11.3 Å². The van der Waals surface area contributed by atoms with Gasteiger partial charge in [-0.15, -0.1) is 15.7 Å². The Morgan fingerprint density at radius 3 is 2.53 bits per heavy atom. The van der Waals surface area contributed by atoms with Crippen LogP contribution >= 0.6 is 22.9 Å². The van der Waals surface area contributed by atoms with Gasteiger partial charge in [-0.1, -0.05) is 49.1 Å². The lowest BCUT2D eigenvalue weighted by atomic mass is 9.94. The molecule has 2 aromatic carbocycles. The molecule has 166 valence electrons. The van der Waals surface area contributed by atoms with Crippen LogP contribution in [0.2, 0.25) is 5.02 Å². The third-order valence-electron chi connectivity index (χ3n) is 6.02. The van der Waals surface area contributed by atoms with Crippen molar-refractivity contribution in [1.29, 1.82) is 0 Å². The summed E-state index contributed by atoms with van der Waals surface area (Å²) in [5, 5.41) is 3.52. The largest absolute Gasteiger partial charge is 0.461 e. The van der Waals surface area contributed by atoms with Crippen molar-refractivity contribution in [3.63, 3.8) is 0 Å². The standard InChI is InChI=1S/C24H23ClN2O3S2/c1-16-23(20-9-5-6-10-22(20)30-16)21-15-31-24(27(21)18-7-3-2-4-8-18)26-32(28,29)19-13-11-17(25)12-14-19/h5-6,9-15,18H,2-4,7-8H2,1H3. The fraction of sp³-hybridized carbons (Fsp3) is 0.292. The number of nitrogens with zero attached hydrogens (tertiary/aromatic N) is 2. The molecule has 0 N–H and O–H groups in total. The number of para-hydroxylation sites is 1. The number of sulfonamides is 1. The van der Waals surface area contributed by atoms with E-state index in [-0.39, 0.29) is 10.9 Å². The summed E-state index contributed by atoms with van der Waals surface area (Å²) < 4.78 is 38.6. The van der Waals surface area contributed by atoms with Crippen LogP contribution in [0, 0.1) is 6.92 Å². The number of hydrogen-bond donors (Lipinski definition) is 0. The molecule has 0 atom stereocenters. The highest BCUT2D eigenvalue weighted by Gasteiger charge is 2.25. The van der Waals surface area contributed by atoms with E-state index in [2.05, 4.69) is 8.96 Å². The predicted molar refractivity (Wildman–Crippen MR) is 129 cm³/mol. The van der Waals surface area contributed by atoms with Crippen molar-refractivity contribution >= 4 is 43.9 Å². The number of hydrogen-bond acceptors (Lipinski definition) is 4. The van der Waals surface area contributed by atoms with Gasteiger partial charge in [0.25, 0.3) is 10.0 Å². The van der Waals surface area contributed by atoms with E-state index >= 15 is 0 Å². The minimum Gasteiger partial charge on any atom is -0.461 e. The lowest BCUT2D eigenvalue weighted by Gasteiger charge is -2.25. The molecule has 0 aliphatic heterocycles. The number of furan rings is 1. The molecule has 1 aliphatic carbocycles. The van der Waals surface area contributed by atoms with E-state index in [0.717, 1.165) is 53.7 Å². The Balaban J connectivity index is 1.72. The number of halogens is 1. The molecular formula is C24H23ClN2O3S2. The second kappa shape index (κ2) is 8.54. The van der Waals surface area contributed by atoms with Crippen molar-refractivity contribution in [1.82, 2.24) is 4.57 Å². The fourth-order valence-corrected chi connectivity index (χ4v) is 6.79. The number of fused-ring (bicyclic) bond motifs is 1. The molecule has 2 heterocycles. The van der Waals surface area contributed by atoms with Crippen LogP contribution in [-0.4, -0.2) is 13.0 Å². The third-order valence-corrected chi connectivity index (χ3v) is 8.51. The van der Waals surface area contributed by atoms with Crippen molar-refractivity contribution in [3.05, 3.63) is 69.5 Å². The summed E-state index contributed by atoms with van der Waals surface area (Å²) in [7, 11) is -3.87. The molecule has 8 heteroatoms. The van der Waals surface area contributed by atoms with Gasteiger partial charge in [0.05, 0.1) is 10.6 Å². The van der Waals surface area contributed by atoms with Gasteiger partial charge < -0.3 is 8.98 Å². The third kappa shape index (κ3) is 3.93. The average Bonchev–Trinajstić information content (AvgIpc) is 3.33. The van der Waals surface area contributed by atoms with Gasteiger partial charge in [0.1, 0.15) is 11.3 Å². The maximum atomic E-state index is 13.1. The maximum Gasteiger partial charge on any atom is 0.285 e. The molecule has 2 aromatic heterocycles. The van der Waals surface area contributed by atoms with E-state index in [1.165, 1.54) is 29.9 Å². The van der Waals surface area contributed by atoms with E-state index in [4.69, 9.17) is 16.0 Å². The zero-order chi connectivity index (χ0) is 22.3. The molecule has 1 fully saturated rings. The summed E-state index contributed by atoms with van der Waals surface area (Å²) >= 11 is 7.29. The first-order valence-corrected chi connectivity index (χ1v) is 13.4. The predicted octanol–water partition coefficient (Wildman–Crippen LogP) is 6.72. The molecule has 0 radical (unpaired) electrons. The van der Waals surface area contributed by atoms with Gasteiger partial charge in [0.2, 0.25) is 4.80 Å². The first-order valence-electron chi connectivity index (χ1n) is 10.7. The van der Waals surface area contributed by atoms with Crippen LogP contribution in [0.5, 0.6) is 0 Å². The molecule has 32 heavy (non-hydrogen) atoms. The Hall–Kier alpha value is -2.35. The van der Waals surface area contributed by atoms with Crippen LogP contribution in [-0.2, 0) is 10.0 Å². The molecule has 5 rings (SSSR count). The van der Waals surface area contributed by atoms with Crippen LogP contribution in [0.15, 0.2) is 67.6 Å². The Kier molecular flexibility index (Phi) is 5.73. The summed E-state index contributed by atoms with van der Waals surface area (Å²) in [6.07, 6.45) is 5.47. The summed E-state index contributed by atoms with van der Waals surface area (Å²) in [4.78, 5) is 0.628. The Bertz CT molecular complexity index is 1440. The van der Waals surface area contributed by atoms with Gasteiger partial charge in [-0.3, -0.25) is 0 Å². The Labute approximate surface area is 196 Å². The Morgan fingerprint density at radius 2 is 1.78 bits per heavy atom. The zero-order valence-electron chi connectivity index (χ0n) is 17.6. The Morgan fingerprint density at radius 1 is 1.06 bits per heavy atom. The van der Waals surface area contributed by atoms with Crippen LogP contribution in [0.4, 0.5) is 0 Å². The molecule has 0 spiro atoms. The normalized spacial score (nSPS) is 16.1. The summed E-state index contributed by atoms with van der Waals surface area (Å²) in [5.41, 5.74) is 2.80. The topological polar surface area (TPSA) is 64.6 Å². The quantitative estimate of drug-likeness (QED) is 0.321. The number of rotatable bonds is 4. The van der Waals surface area contributed by atoms with E-state index in [9.17, 15) is 8.42 Å². The minimum absolute atomic E-state index is 0.136. The molecule has 1 saturated carbocycles. The highest BCUT2D eigenvalue weighted by molar-refractivity contribution is 7.90. The second-order valence-corrected chi connectivity index (χ2v) is 11.0. The van der Waals surface area contributed by atoms with Crippen LogP contribution in [0.3, 0.4) is 0 Å². The average molecular weight is 487 g/mol. The van der Waals surface area contributed by atoms with E-state index in [1.54, 1.807) is 12.1 Å². The fourth-order valence-electron chi connectivity index (χ4n) is 4.51. The number of aryl methyl sites for hydroxylation is 1. The van der Waals surface area contributed by atoms with E-state index < -0.39 is 10.0 Å². The molecule has 0 amide bonds. The molecular weight excluding hydrogens is 464 g/mol. The maximum absolute atomic E-state index is 13.1. The lowest BCUT2D eigenvalue weighted by Crippen LogP contribution is -2.25. The molecule has 0 bridgehead atoms. The van der Waals surface area contributed by atoms with E-state index in [1.807, 2.05) is 36.6 Å². The summed E-state index contributed by atoms with van der Waals surface area (Å²) in [5.74, 6) is 0.820. The van der Waals surface area contributed by atoms with Crippen LogP contribution in [0.1, 0.15) is 43.9 Å². The number of benzene rings is 2. The second-order valence-electron chi connectivity index (χ2n) is 8.12. The van der Waals surface area contributed by atoms with Gasteiger partial charge in [-0.25, -0.2) is 0 Å². The number of thiazole rings is 1. The van der Waals surface area contributed by atoms with Crippen molar-refractivity contribution in [2.75, 3.05) is 0 Å². The highest BCUT2D eigenvalue weighted by atomic mass is 35.5. The zero-order valence-corrected chi connectivity index (χ0v) is 20.0. The summed E-state index contributed by atoms with van der Waals surface area (Å²) in [6, 6.07) is 14.3. The first-order chi connectivity index (χ1) is 15.4. The van der Waals surface area contributed by atoms with Crippen molar-refractivity contribution in [2.24, 2.45) is 4.40 Å². The monoisotopic (exact) mass is 486 g/mol. The highest BCUT2D eigenvalue weighted by Crippen LogP contribution is 2.38. The molecule has 0 saturated heterocycles. The molecule has 4 aromatic rings. The molecule has 5 nitrogen and oxygen atoms in total. The van der Waals surface area contributed by atoms with Crippen LogP contribution in [0.25, 0.3) is 22.2 Å². The van der Waals surface area contributed by atoms with Gasteiger partial charge in [-0.05, 0) is 50.1 Å². The first kappa shape index (κ1) is 21.5. The SMILES string of the molecule is Cc1oc2ccccc2c1-c1csc(=NS(=O)(=O)c2ccc(Cl)cc2)n1C1CCCCC1. The van der Waals surface area contributed by atoms with Crippen molar-refractivity contribution < 1.29 is 12.8 Å². The van der Waals surface area contributed by atoms with Gasteiger partial charge >= 0.3 is 0 Å². The minimum atomic E-state index is -3.87. The van der Waals surface area contributed by atoms with Gasteiger partial charge in [0, 0.05) is 27.4 Å². The summed E-state index contributed by atoms with van der Waals surface area (Å²) in [6.45, 7) is 1.96. The van der Waals surface area contributed by atoms with E-state index in [0.29, 0.717) is 9.82 Å². The van der Waals surface area contributed by atoms with Gasteiger partial charge in [0.15, 0.2) is 0 Å². The van der Waals surface area contributed by atoms with Crippen LogP contribution < -0.4 is 4.80 Å². The smallest absolute Gasteiger partial charge is 0.285 e. The van der Waals surface area contributed by atoms with Gasteiger partial charge in [-0.2, -0.15) is 8.42 Å². The number of aromatic nitrogens is 1. The van der Waals surface area contributed by atoms with Crippen molar-refractivity contribution in [2.45, 2.75) is 50.0 Å². The molecule has 0 unspecified atom stereocenters. The molecule has 1 aliphatic rings.